The Balaban J connectivity index is 6.30. The highest BCUT2D eigenvalue weighted by atomic mass is 16.4. The largest absolute Gasteiger partial charge is 0.481 e. The van der Waals surface area contributed by atoms with Crippen molar-refractivity contribution < 1.29 is 72.5 Å². The lowest BCUT2D eigenvalue weighted by Crippen LogP contribution is -2.63. The van der Waals surface area contributed by atoms with Gasteiger partial charge < -0.3 is 90.8 Å². The van der Waals surface area contributed by atoms with E-state index < -0.39 is 149 Å². The number of carbonyl (C=O) groups is 13. The van der Waals surface area contributed by atoms with Gasteiger partial charge in [-0.25, -0.2) is 4.79 Å². The Morgan fingerprint density at radius 2 is 0.929 bits per heavy atom. The molecule has 0 saturated carbocycles. The van der Waals surface area contributed by atoms with Gasteiger partial charge in [-0.3, -0.25) is 62.9 Å². The third kappa shape index (κ3) is 31.5. The van der Waals surface area contributed by atoms with Crippen molar-refractivity contribution in [3.8, 4) is 0 Å². The Morgan fingerprint density at radius 1 is 0.500 bits per heavy atom. The van der Waals surface area contributed by atoms with Crippen LogP contribution < -0.4 is 80.6 Å². The molecular weight excluding hydrogens is 1100 g/mol. The average molecular weight is 1200 g/mol. The number of aliphatic hydroxyl groups excluding tert-OH is 1. The highest BCUT2D eigenvalue weighted by molar-refractivity contribution is 5.99. The third-order valence-electron chi connectivity index (χ3n) is 12.4. The van der Waals surface area contributed by atoms with E-state index in [2.05, 4.69) is 69.1 Å². The summed E-state index contributed by atoms with van der Waals surface area (Å²) in [7, 11) is 0. The van der Waals surface area contributed by atoms with Crippen LogP contribution in [0.15, 0.2) is 0 Å². The number of nitrogens with one attached hydrogen (secondary N) is 14. The fourth-order valence-electron chi connectivity index (χ4n) is 7.96. The van der Waals surface area contributed by atoms with Gasteiger partial charge in [-0.15, -0.1) is 0 Å². The maximum absolute atomic E-state index is 14.1. The van der Waals surface area contributed by atoms with Crippen LogP contribution in [0.25, 0.3) is 0 Å². The van der Waals surface area contributed by atoms with Gasteiger partial charge in [0, 0.05) is 20.0 Å². The monoisotopic (exact) mass is 1200 g/mol. The van der Waals surface area contributed by atoms with Gasteiger partial charge in [0.1, 0.15) is 53.9 Å². The van der Waals surface area contributed by atoms with Crippen LogP contribution in [-0.4, -0.2) is 179 Å². The zero-order chi connectivity index (χ0) is 64.8. The second-order valence-corrected chi connectivity index (χ2v) is 23.0. The summed E-state index contributed by atoms with van der Waals surface area (Å²) in [5, 5.41) is 59.2. The normalized spacial score (nSPS) is 14.2. The number of carboxylic acid groups (broad SMARTS) is 1. The van der Waals surface area contributed by atoms with E-state index in [-0.39, 0.29) is 94.8 Å². The first-order valence-corrected chi connectivity index (χ1v) is 28.1. The Kier molecular flexibility index (Phi) is 33.9. The molecule has 0 saturated heterocycles. The zero-order valence-corrected chi connectivity index (χ0v) is 50.9. The van der Waals surface area contributed by atoms with Gasteiger partial charge in [-0.1, -0.05) is 48.5 Å². The number of carbonyl (C=O) groups excluding carboxylic acids is 12. The van der Waals surface area contributed by atoms with Gasteiger partial charge in [0.25, 0.3) is 0 Å². The molecule has 0 bridgehead atoms. The molecule has 0 fully saturated rings. The molecule has 8 atom stereocenters. The Hall–Kier alpha value is -7.86. The van der Waals surface area contributed by atoms with Crippen LogP contribution in [0, 0.1) is 23.2 Å². The number of rotatable bonds is 39. The van der Waals surface area contributed by atoms with Crippen LogP contribution >= 0.6 is 0 Å². The quantitative estimate of drug-likeness (QED) is 0.0162. The van der Waals surface area contributed by atoms with E-state index >= 15 is 0 Å². The number of primary amides is 1. The predicted molar refractivity (Wildman–Crippen MR) is 308 cm³/mol. The minimum absolute atomic E-state index is 0.00202. The highest BCUT2D eigenvalue weighted by Gasteiger charge is 2.38. The van der Waals surface area contributed by atoms with Crippen LogP contribution in [0.3, 0.4) is 0 Å². The summed E-state index contributed by atoms with van der Waals surface area (Å²) in [6, 6.07) is -11.5. The van der Waals surface area contributed by atoms with Crippen molar-refractivity contribution in [1.29, 1.82) is 5.41 Å². The highest BCUT2D eigenvalue weighted by Crippen LogP contribution is 2.14. The van der Waals surface area contributed by atoms with Crippen molar-refractivity contribution in [2.75, 3.05) is 26.2 Å². The SMILES string of the molecule is CC[C@H](NC(=O)[C@H](C)NC(=O)[C@H](CC(C)C)NC(=O)[C@H](CC(=O)O)NC(=O)CNC(=O)[C@H](CCCNC(=N)N)NC(C)=O)C(=O)N[C@@H](CC(C)C)C(=O)N[C@@H](CCCNC(N)=O)C(=O)NC(C)(C)C(=O)N[C@@H](CC(C)C)C(=O)NC(C)(C)CO. The summed E-state index contributed by atoms with van der Waals surface area (Å²) < 4.78 is 0. The first kappa shape index (κ1) is 76.1. The summed E-state index contributed by atoms with van der Waals surface area (Å²) in [6.07, 6.45) is -0.371. The molecule has 0 aliphatic rings. The fourth-order valence-corrected chi connectivity index (χ4v) is 7.96. The molecule has 478 valence electrons. The van der Waals surface area contributed by atoms with Crippen molar-refractivity contribution in [2.24, 2.45) is 29.2 Å². The van der Waals surface area contributed by atoms with Crippen LogP contribution in [0.1, 0.15) is 148 Å². The number of hydrogen-bond acceptors (Lipinski definition) is 15. The van der Waals surface area contributed by atoms with E-state index in [0.717, 1.165) is 0 Å². The predicted octanol–water partition coefficient (Wildman–Crippen LogP) is -3.46. The average Bonchev–Trinajstić information content (AvgIpc) is 3.38. The maximum Gasteiger partial charge on any atom is 0.312 e. The van der Waals surface area contributed by atoms with Crippen molar-refractivity contribution in [1.82, 2.24) is 69.1 Å². The molecule has 0 aromatic rings. The second kappa shape index (κ2) is 37.4. The zero-order valence-electron chi connectivity index (χ0n) is 50.9. The number of guanidine groups is 1. The number of aliphatic carboxylic acids is 1. The molecule has 0 radical (unpaired) electrons. The van der Waals surface area contributed by atoms with E-state index in [0.29, 0.717) is 0 Å². The number of aliphatic hydroxyl groups is 1. The van der Waals surface area contributed by atoms with Gasteiger partial charge in [0.15, 0.2) is 5.96 Å². The molecule has 0 heterocycles. The molecule has 0 rings (SSSR count). The molecular formula is C53H96N16O15. The first-order valence-electron chi connectivity index (χ1n) is 28.1. The third-order valence-corrected chi connectivity index (χ3v) is 12.4. The summed E-state index contributed by atoms with van der Waals surface area (Å²) in [5.74, 6) is -11.3. The molecule has 13 amide bonds. The maximum atomic E-state index is 14.1. The standard InChI is InChI=1S/C53H96N16O15/c1-14-32(63-41(75)30(8)60-44(78)35(21-27(2)3)66-46(80)38(24-40(73)74)62-39(72)25-59-42(76)33(61-31(9)71)17-15-19-57-50(54)55)43(77)65-36(22-28(4)5)45(79)64-34(18-16-20-58-51(56)84)47(81)69-53(12,13)49(83)67-37(23-29(6)7)48(82)68-52(10,11)26-70/h27-30,32-38,70H,14-26H2,1-13H3,(H,59,76)(H,60,78)(H,61,71)(H,62,72)(H,63,75)(H,64,79)(H,65,77)(H,66,80)(H,67,83)(H,68,82)(H,69,81)(H,73,74)(H4,54,55,57)(H3,56,58,84)/t30-,32-,33-,34-,35-,36-,37-,38-/m0/s1. The van der Waals surface area contributed by atoms with E-state index in [4.69, 9.17) is 16.9 Å². The lowest BCUT2D eigenvalue weighted by atomic mass is 9.97. The van der Waals surface area contributed by atoms with Crippen molar-refractivity contribution in [2.45, 2.75) is 207 Å². The number of amides is 13. The number of nitrogens with two attached hydrogens (primary N) is 2. The number of hydrogen-bond donors (Lipinski definition) is 18. The number of carboxylic acids is 1. The van der Waals surface area contributed by atoms with Crippen LogP contribution in [0.2, 0.25) is 0 Å². The molecule has 0 aliphatic heterocycles. The van der Waals surface area contributed by atoms with Gasteiger partial charge in [0.2, 0.25) is 65.0 Å². The molecule has 31 heteroatoms. The van der Waals surface area contributed by atoms with Crippen molar-refractivity contribution >= 4 is 82.9 Å². The van der Waals surface area contributed by atoms with Crippen molar-refractivity contribution in [3.05, 3.63) is 0 Å². The van der Waals surface area contributed by atoms with Gasteiger partial charge in [0.05, 0.1) is 25.1 Å². The van der Waals surface area contributed by atoms with E-state index in [1.165, 1.54) is 27.7 Å². The van der Waals surface area contributed by atoms with Crippen LogP contribution in [0.5, 0.6) is 0 Å². The second-order valence-electron chi connectivity index (χ2n) is 23.0. The molecule has 0 unspecified atom stereocenters. The van der Waals surface area contributed by atoms with Crippen LogP contribution in [0.4, 0.5) is 4.79 Å². The van der Waals surface area contributed by atoms with E-state index in [9.17, 15) is 72.5 Å². The molecule has 31 nitrogen and oxygen atoms in total. The Labute approximate surface area is 491 Å². The lowest BCUT2D eigenvalue weighted by molar-refractivity contribution is -0.141. The molecule has 84 heavy (non-hydrogen) atoms. The van der Waals surface area contributed by atoms with Gasteiger partial charge >= 0.3 is 12.0 Å². The fraction of sp³-hybridized carbons (Fsp3) is 0.736. The molecule has 0 aromatic heterocycles. The van der Waals surface area contributed by atoms with E-state index in [1.54, 1.807) is 48.5 Å². The first-order chi connectivity index (χ1) is 38.8. The molecule has 0 aliphatic carbocycles. The summed E-state index contributed by atoms with van der Waals surface area (Å²) in [5.41, 5.74) is 7.80. The smallest absolute Gasteiger partial charge is 0.312 e. The molecule has 0 spiro atoms. The summed E-state index contributed by atoms with van der Waals surface area (Å²) in [6.45, 7) is 19.7. The minimum Gasteiger partial charge on any atom is -0.481 e. The molecule has 0 aromatic carbocycles. The summed E-state index contributed by atoms with van der Waals surface area (Å²) >= 11 is 0. The Morgan fingerprint density at radius 3 is 1.38 bits per heavy atom. The minimum atomic E-state index is -1.76. The van der Waals surface area contributed by atoms with Crippen molar-refractivity contribution in [3.63, 3.8) is 0 Å². The topological polar surface area (TPSA) is 495 Å². The lowest BCUT2D eigenvalue weighted by Gasteiger charge is -2.32. The Bertz CT molecular complexity index is 2300. The molecule has 20 N–H and O–H groups in total. The number of urea groups is 1. The van der Waals surface area contributed by atoms with Crippen LogP contribution in [-0.2, 0) is 57.5 Å². The van der Waals surface area contributed by atoms with Gasteiger partial charge in [-0.05, 0) is 104 Å². The van der Waals surface area contributed by atoms with Gasteiger partial charge in [-0.2, -0.15) is 0 Å². The van der Waals surface area contributed by atoms with E-state index in [1.807, 2.05) is 13.8 Å². The summed E-state index contributed by atoms with van der Waals surface area (Å²) in [4.78, 5) is 171.